The van der Waals surface area contributed by atoms with Gasteiger partial charge in [-0.2, -0.15) is 0 Å². The van der Waals surface area contributed by atoms with E-state index in [2.05, 4.69) is 25.3 Å². The molecular formula is C20H23Cl2N5O2S. The molecule has 0 aromatic heterocycles. The van der Waals surface area contributed by atoms with Crippen LogP contribution < -0.4 is 15.4 Å². The predicted octanol–water partition coefficient (Wildman–Crippen LogP) is 4.04. The molecule has 7 nitrogen and oxygen atoms in total. The second-order valence-electron chi connectivity index (χ2n) is 7.84. The molecule has 2 aromatic rings. The summed E-state index contributed by atoms with van der Waals surface area (Å²) >= 11 is 12.0. The Kier molecular flexibility index (Phi) is 6.71. The molecule has 0 saturated heterocycles. The van der Waals surface area contributed by atoms with E-state index in [0.717, 1.165) is 11.3 Å². The van der Waals surface area contributed by atoms with Crippen molar-refractivity contribution in [1.29, 1.82) is 0 Å². The first-order valence-electron chi connectivity index (χ1n) is 9.21. The zero-order valence-electron chi connectivity index (χ0n) is 16.8. The van der Waals surface area contributed by atoms with Gasteiger partial charge in [0.1, 0.15) is 12.4 Å². The smallest absolute Gasteiger partial charge is 0.241 e. The van der Waals surface area contributed by atoms with Crippen molar-refractivity contribution >= 4 is 50.7 Å². The van der Waals surface area contributed by atoms with Crippen molar-refractivity contribution in [2.75, 3.05) is 11.9 Å². The molecule has 0 spiro atoms. The molecule has 0 amide bonds. The van der Waals surface area contributed by atoms with E-state index in [-0.39, 0.29) is 4.90 Å². The highest BCUT2D eigenvalue weighted by Crippen LogP contribution is 2.22. The first-order chi connectivity index (χ1) is 14.0. The summed E-state index contributed by atoms with van der Waals surface area (Å²) in [5.74, 6) is 1.26. The van der Waals surface area contributed by atoms with E-state index >= 15 is 0 Å². The molecule has 3 N–H and O–H groups in total. The minimum Gasteiger partial charge on any atom is -0.326 e. The Morgan fingerprint density at radius 2 is 1.73 bits per heavy atom. The molecule has 10 heteroatoms. The van der Waals surface area contributed by atoms with E-state index in [1.807, 2.05) is 0 Å². The van der Waals surface area contributed by atoms with Gasteiger partial charge < -0.3 is 10.6 Å². The lowest BCUT2D eigenvalue weighted by molar-refractivity contribution is 0.491. The number of anilines is 1. The summed E-state index contributed by atoms with van der Waals surface area (Å²) in [5.41, 5.74) is 1.07. The normalized spacial score (nSPS) is 15.8. The lowest BCUT2D eigenvalue weighted by atomic mass is 10.1. The standard InChI is InChI=1S/C20H23Cl2N5O2S/c1-20(2,3)27-30(28,29)17-6-4-13(5-7-17)11-23-18-12-24-19(26-18)25-16-9-14(21)8-15(22)10-16/h4-10,27H,11-12H2,1-3H3,(H2,23,24,25,26). The zero-order valence-corrected chi connectivity index (χ0v) is 19.2. The molecule has 1 aliphatic rings. The Bertz CT molecular complexity index is 1070. The van der Waals surface area contributed by atoms with Crippen LogP contribution in [-0.4, -0.2) is 32.3 Å². The Morgan fingerprint density at radius 1 is 1.10 bits per heavy atom. The quantitative estimate of drug-likeness (QED) is 0.618. The van der Waals surface area contributed by atoms with Gasteiger partial charge in [-0.1, -0.05) is 35.3 Å². The summed E-state index contributed by atoms with van der Waals surface area (Å²) in [7, 11) is -3.55. The van der Waals surface area contributed by atoms with Crippen molar-refractivity contribution in [1.82, 2.24) is 10.0 Å². The van der Waals surface area contributed by atoms with Crippen molar-refractivity contribution in [2.45, 2.75) is 37.8 Å². The van der Waals surface area contributed by atoms with Crippen LogP contribution in [0.25, 0.3) is 0 Å². The van der Waals surface area contributed by atoms with E-state index in [4.69, 9.17) is 23.2 Å². The van der Waals surface area contributed by atoms with Crippen molar-refractivity contribution < 1.29 is 8.42 Å². The van der Waals surface area contributed by atoms with Crippen molar-refractivity contribution in [3.05, 3.63) is 58.1 Å². The Balaban J connectivity index is 1.58. The highest BCUT2D eigenvalue weighted by atomic mass is 35.5. The fourth-order valence-corrected chi connectivity index (χ4v) is 4.66. The summed E-state index contributed by atoms with van der Waals surface area (Å²) in [6, 6.07) is 11.8. The predicted molar refractivity (Wildman–Crippen MR) is 123 cm³/mol. The van der Waals surface area contributed by atoms with Gasteiger partial charge in [0.2, 0.25) is 16.0 Å². The van der Waals surface area contributed by atoms with Crippen LogP contribution in [0.2, 0.25) is 10.0 Å². The minimum absolute atomic E-state index is 0.225. The molecule has 0 saturated carbocycles. The molecule has 0 atom stereocenters. The van der Waals surface area contributed by atoms with Crippen LogP contribution in [-0.2, 0) is 16.6 Å². The Hall–Kier alpha value is -2.13. The lowest BCUT2D eigenvalue weighted by Gasteiger charge is -2.20. The number of benzene rings is 2. The number of halogens is 2. The van der Waals surface area contributed by atoms with E-state index in [1.54, 1.807) is 63.2 Å². The third-order valence-electron chi connectivity index (χ3n) is 3.90. The number of nitrogens with zero attached hydrogens (tertiary/aromatic N) is 2. The second-order valence-corrected chi connectivity index (χ2v) is 10.4. The number of nitrogens with one attached hydrogen (secondary N) is 3. The molecule has 0 unspecified atom stereocenters. The number of hydrogen-bond donors (Lipinski definition) is 3. The first kappa shape index (κ1) is 22.6. The van der Waals surface area contributed by atoms with Crippen molar-refractivity contribution in [2.24, 2.45) is 9.98 Å². The van der Waals surface area contributed by atoms with Crippen LogP contribution in [0.5, 0.6) is 0 Å². The van der Waals surface area contributed by atoms with Gasteiger partial charge in [-0.05, 0) is 56.7 Å². The molecule has 0 radical (unpaired) electrons. The average molecular weight is 468 g/mol. The van der Waals surface area contributed by atoms with E-state index in [1.165, 1.54) is 0 Å². The minimum atomic E-state index is -3.55. The third kappa shape index (κ3) is 6.43. The summed E-state index contributed by atoms with van der Waals surface area (Å²) < 4.78 is 27.4. The number of hydrogen-bond acceptors (Lipinski definition) is 5. The molecular weight excluding hydrogens is 445 g/mol. The maximum Gasteiger partial charge on any atom is 0.241 e. The Labute approximate surface area is 186 Å². The van der Waals surface area contributed by atoms with Gasteiger partial charge in [0.15, 0.2) is 0 Å². The van der Waals surface area contributed by atoms with Crippen LogP contribution in [0.4, 0.5) is 5.69 Å². The monoisotopic (exact) mass is 467 g/mol. The third-order valence-corrected chi connectivity index (χ3v) is 6.11. The van der Waals surface area contributed by atoms with Gasteiger partial charge in [-0.25, -0.2) is 18.1 Å². The van der Waals surface area contributed by atoms with Crippen LogP contribution in [0.1, 0.15) is 26.3 Å². The number of aliphatic imine (C=N–C) groups is 2. The van der Waals surface area contributed by atoms with Crippen molar-refractivity contribution in [3.8, 4) is 0 Å². The number of amidine groups is 1. The number of sulfonamides is 1. The summed E-state index contributed by atoms with van der Waals surface area (Å²) in [4.78, 5) is 9.08. The largest absolute Gasteiger partial charge is 0.326 e. The van der Waals surface area contributed by atoms with Crippen LogP contribution in [0.15, 0.2) is 57.3 Å². The molecule has 1 heterocycles. The first-order valence-corrected chi connectivity index (χ1v) is 11.4. The fourth-order valence-electron chi connectivity index (χ4n) is 2.72. The van der Waals surface area contributed by atoms with Crippen LogP contribution in [0.3, 0.4) is 0 Å². The zero-order chi connectivity index (χ0) is 21.9. The van der Waals surface area contributed by atoms with Gasteiger partial charge >= 0.3 is 0 Å². The summed E-state index contributed by atoms with van der Waals surface area (Å²) in [6.07, 6.45) is 0. The summed E-state index contributed by atoms with van der Waals surface area (Å²) in [5, 5.41) is 7.27. The van der Waals surface area contributed by atoms with E-state index in [9.17, 15) is 8.42 Å². The van der Waals surface area contributed by atoms with Gasteiger partial charge in [0.05, 0.1) is 11.4 Å². The highest BCUT2D eigenvalue weighted by molar-refractivity contribution is 7.89. The van der Waals surface area contributed by atoms with Gasteiger partial charge in [0, 0.05) is 21.3 Å². The molecule has 0 bridgehead atoms. The van der Waals surface area contributed by atoms with E-state index < -0.39 is 15.6 Å². The molecule has 1 aliphatic heterocycles. The maximum atomic E-state index is 12.4. The van der Waals surface area contributed by atoms with Gasteiger partial charge in [-0.3, -0.25) is 4.99 Å². The molecule has 160 valence electrons. The molecule has 0 fully saturated rings. The molecule has 30 heavy (non-hydrogen) atoms. The average Bonchev–Trinajstić information content (AvgIpc) is 3.05. The summed E-state index contributed by atoms with van der Waals surface area (Å²) in [6.45, 7) is 6.22. The lowest BCUT2D eigenvalue weighted by Crippen LogP contribution is -2.40. The SMILES string of the molecule is CC(C)(C)NS(=O)(=O)c1ccc(CN=C2CN=C(Nc3cc(Cl)cc(Cl)c3)N2)cc1. The van der Waals surface area contributed by atoms with E-state index in [0.29, 0.717) is 34.9 Å². The topological polar surface area (TPSA) is 95.0 Å². The maximum absolute atomic E-state index is 12.4. The van der Waals surface area contributed by atoms with Gasteiger partial charge in [0.25, 0.3) is 0 Å². The second kappa shape index (κ2) is 8.93. The van der Waals surface area contributed by atoms with Crippen LogP contribution >= 0.6 is 23.2 Å². The fraction of sp³-hybridized carbons (Fsp3) is 0.300. The Morgan fingerprint density at radius 3 is 2.33 bits per heavy atom. The highest BCUT2D eigenvalue weighted by Gasteiger charge is 2.21. The molecule has 3 rings (SSSR count). The molecule has 2 aromatic carbocycles. The van der Waals surface area contributed by atoms with Gasteiger partial charge in [-0.15, -0.1) is 0 Å². The van der Waals surface area contributed by atoms with Crippen molar-refractivity contribution in [3.63, 3.8) is 0 Å². The molecule has 0 aliphatic carbocycles. The number of rotatable bonds is 5. The van der Waals surface area contributed by atoms with Crippen LogP contribution in [0, 0.1) is 0 Å². The number of guanidine groups is 1.